The summed E-state index contributed by atoms with van der Waals surface area (Å²) in [7, 11) is 0. The molecule has 1 aromatic heterocycles. The molecule has 1 heterocycles. The van der Waals surface area contributed by atoms with E-state index in [2.05, 4.69) is 41.4 Å². The third-order valence-corrected chi connectivity index (χ3v) is 3.19. The standard InChI is InChI=1S/C15H12ClN/c16-14-4-1-11(2-5-14)9-12-3-6-15-13(10-12)7-8-17-15/h1-8,10,17H,9H2. The molecule has 1 N–H and O–H groups in total. The molecule has 3 rings (SSSR count). The highest BCUT2D eigenvalue weighted by Gasteiger charge is 1.99. The average molecular weight is 242 g/mol. The highest BCUT2D eigenvalue weighted by Crippen LogP contribution is 2.18. The van der Waals surface area contributed by atoms with Crippen LogP contribution in [0.2, 0.25) is 5.02 Å². The third-order valence-electron chi connectivity index (χ3n) is 2.94. The van der Waals surface area contributed by atoms with Crippen molar-refractivity contribution in [1.82, 2.24) is 4.98 Å². The van der Waals surface area contributed by atoms with Crippen molar-refractivity contribution in [2.75, 3.05) is 0 Å². The number of nitrogens with one attached hydrogen (secondary N) is 1. The number of aromatic amines is 1. The predicted octanol–water partition coefficient (Wildman–Crippen LogP) is 4.41. The van der Waals surface area contributed by atoms with Crippen LogP contribution in [-0.2, 0) is 6.42 Å². The average Bonchev–Trinajstić information content (AvgIpc) is 2.79. The summed E-state index contributed by atoms with van der Waals surface area (Å²) in [5, 5.41) is 2.05. The maximum Gasteiger partial charge on any atom is 0.0454 e. The van der Waals surface area contributed by atoms with Crippen LogP contribution < -0.4 is 0 Å². The van der Waals surface area contributed by atoms with Gasteiger partial charge in [-0.1, -0.05) is 29.8 Å². The van der Waals surface area contributed by atoms with Gasteiger partial charge in [0, 0.05) is 16.7 Å². The molecule has 0 aliphatic carbocycles. The first-order valence-electron chi connectivity index (χ1n) is 5.62. The van der Waals surface area contributed by atoms with Crippen LogP contribution >= 0.6 is 11.6 Å². The molecule has 0 amide bonds. The molecule has 0 radical (unpaired) electrons. The van der Waals surface area contributed by atoms with Gasteiger partial charge in [0.25, 0.3) is 0 Å². The third kappa shape index (κ3) is 2.20. The molecule has 0 spiro atoms. The minimum atomic E-state index is 0.787. The van der Waals surface area contributed by atoms with Crippen molar-refractivity contribution in [3.63, 3.8) is 0 Å². The lowest BCUT2D eigenvalue weighted by Gasteiger charge is -2.02. The Morgan fingerprint density at radius 1 is 0.882 bits per heavy atom. The number of rotatable bonds is 2. The van der Waals surface area contributed by atoms with Crippen LogP contribution in [-0.4, -0.2) is 4.98 Å². The number of hydrogen-bond donors (Lipinski definition) is 1. The van der Waals surface area contributed by atoms with Crippen molar-refractivity contribution >= 4 is 22.5 Å². The largest absolute Gasteiger partial charge is 0.361 e. The summed E-state index contributed by atoms with van der Waals surface area (Å²) in [6.07, 6.45) is 2.91. The fourth-order valence-corrected chi connectivity index (χ4v) is 2.18. The molecule has 0 saturated heterocycles. The monoisotopic (exact) mass is 241 g/mol. The Balaban J connectivity index is 1.91. The zero-order valence-corrected chi connectivity index (χ0v) is 10.0. The fourth-order valence-electron chi connectivity index (χ4n) is 2.05. The van der Waals surface area contributed by atoms with Gasteiger partial charge >= 0.3 is 0 Å². The van der Waals surface area contributed by atoms with Crippen molar-refractivity contribution in [3.05, 3.63) is 70.9 Å². The van der Waals surface area contributed by atoms with Crippen LogP contribution in [0.25, 0.3) is 10.9 Å². The lowest BCUT2D eigenvalue weighted by atomic mass is 10.0. The zero-order chi connectivity index (χ0) is 11.7. The van der Waals surface area contributed by atoms with E-state index in [4.69, 9.17) is 11.6 Å². The summed E-state index contributed by atoms with van der Waals surface area (Å²) < 4.78 is 0. The first kappa shape index (κ1) is 10.4. The van der Waals surface area contributed by atoms with Crippen LogP contribution in [0.1, 0.15) is 11.1 Å². The molecule has 0 saturated carbocycles. The number of fused-ring (bicyclic) bond motifs is 1. The maximum atomic E-state index is 5.87. The first-order valence-corrected chi connectivity index (χ1v) is 5.99. The predicted molar refractivity (Wildman–Crippen MR) is 72.6 cm³/mol. The molecule has 0 bridgehead atoms. The van der Waals surface area contributed by atoms with Crippen LogP contribution in [0.15, 0.2) is 54.7 Å². The van der Waals surface area contributed by atoms with E-state index in [9.17, 15) is 0 Å². The van der Waals surface area contributed by atoms with Crippen LogP contribution in [0.5, 0.6) is 0 Å². The summed E-state index contributed by atoms with van der Waals surface area (Å²) in [5.41, 5.74) is 3.79. The van der Waals surface area contributed by atoms with Gasteiger partial charge in [0.2, 0.25) is 0 Å². The van der Waals surface area contributed by atoms with Gasteiger partial charge in [0.1, 0.15) is 0 Å². The second-order valence-corrected chi connectivity index (χ2v) is 4.64. The van der Waals surface area contributed by atoms with E-state index in [1.165, 1.54) is 22.0 Å². The van der Waals surface area contributed by atoms with Crippen molar-refractivity contribution in [3.8, 4) is 0 Å². The van der Waals surface area contributed by atoms with E-state index < -0.39 is 0 Å². The van der Waals surface area contributed by atoms with Gasteiger partial charge in [-0.15, -0.1) is 0 Å². The molecular formula is C15H12ClN. The Hall–Kier alpha value is -1.73. The van der Waals surface area contributed by atoms with E-state index in [0.29, 0.717) is 0 Å². The number of H-pyrrole nitrogens is 1. The Kier molecular flexibility index (Phi) is 2.62. The summed E-state index contributed by atoms with van der Waals surface area (Å²) in [6, 6.07) is 16.6. The van der Waals surface area contributed by atoms with E-state index in [1.807, 2.05) is 18.3 Å². The molecule has 17 heavy (non-hydrogen) atoms. The highest BCUT2D eigenvalue weighted by atomic mass is 35.5. The van der Waals surface area contributed by atoms with Gasteiger partial charge < -0.3 is 4.98 Å². The lowest BCUT2D eigenvalue weighted by molar-refractivity contribution is 1.20. The van der Waals surface area contributed by atoms with E-state index in [-0.39, 0.29) is 0 Å². The molecule has 1 nitrogen and oxygen atoms in total. The Morgan fingerprint density at radius 2 is 1.65 bits per heavy atom. The van der Waals surface area contributed by atoms with E-state index in [0.717, 1.165) is 11.4 Å². The minimum Gasteiger partial charge on any atom is -0.361 e. The van der Waals surface area contributed by atoms with E-state index in [1.54, 1.807) is 0 Å². The maximum absolute atomic E-state index is 5.87. The van der Waals surface area contributed by atoms with Crippen molar-refractivity contribution in [2.24, 2.45) is 0 Å². The van der Waals surface area contributed by atoms with Gasteiger partial charge in [-0.25, -0.2) is 0 Å². The highest BCUT2D eigenvalue weighted by molar-refractivity contribution is 6.30. The summed E-state index contributed by atoms with van der Waals surface area (Å²) in [5.74, 6) is 0. The fraction of sp³-hybridized carbons (Fsp3) is 0.0667. The molecule has 0 aliphatic rings. The normalized spacial score (nSPS) is 10.9. The van der Waals surface area contributed by atoms with E-state index >= 15 is 0 Å². The Morgan fingerprint density at radius 3 is 2.47 bits per heavy atom. The summed E-state index contributed by atoms with van der Waals surface area (Å²) in [6.45, 7) is 0. The molecule has 3 aromatic rings. The van der Waals surface area contributed by atoms with Gasteiger partial charge in [0.15, 0.2) is 0 Å². The summed E-state index contributed by atoms with van der Waals surface area (Å²) >= 11 is 5.87. The molecule has 2 heteroatoms. The topological polar surface area (TPSA) is 15.8 Å². The Labute approximate surface area is 105 Å². The van der Waals surface area contributed by atoms with Crippen LogP contribution in [0.3, 0.4) is 0 Å². The lowest BCUT2D eigenvalue weighted by Crippen LogP contribution is -1.87. The molecule has 2 aromatic carbocycles. The number of hydrogen-bond acceptors (Lipinski definition) is 0. The number of benzene rings is 2. The minimum absolute atomic E-state index is 0.787. The molecule has 0 unspecified atom stereocenters. The molecule has 0 aliphatic heterocycles. The van der Waals surface area contributed by atoms with Crippen molar-refractivity contribution < 1.29 is 0 Å². The van der Waals surface area contributed by atoms with Crippen molar-refractivity contribution in [2.45, 2.75) is 6.42 Å². The Bertz CT molecular complexity index is 637. The summed E-state index contributed by atoms with van der Waals surface area (Å²) in [4.78, 5) is 3.20. The van der Waals surface area contributed by atoms with Crippen molar-refractivity contribution in [1.29, 1.82) is 0 Å². The molecular weight excluding hydrogens is 230 g/mol. The second kappa shape index (κ2) is 4.27. The zero-order valence-electron chi connectivity index (χ0n) is 9.28. The van der Waals surface area contributed by atoms with Gasteiger partial charge in [-0.3, -0.25) is 0 Å². The first-order chi connectivity index (χ1) is 8.31. The van der Waals surface area contributed by atoms with Gasteiger partial charge in [0.05, 0.1) is 0 Å². The smallest absolute Gasteiger partial charge is 0.0454 e. The SMILES string of the molecule is Clc1ccc(Cc2ccc3[nH]ccc3c2)cc1. The van der Waals surface area contributed by atoms with Gasteiger partial charge in [-0.05, 0) is 53.3 Å². The second-order valence-electron chi connectivity index (χ2n) is 4.20. The molecule has 0 fully saturated rings. The molecule has 84 valence electrons. The van der Waals surface area contributed by atoms with Crippen LogP contribution in [0, 0.1) is 0 Å². The number of halogens is 1. The number of aromatic nitrogens is 1. The van der Waals surface area contributed by atoms with Crippen LogP contribution in [0.4, 0.5) is 0 Å². The quantitative estimate of drug-likeness (QED) is 0.684. The van der Waals surface area contributed by atoms with Gasteiger partial charge in [-0.2, -0.15) is 0 Å². The molecule has 0 atom stereocenters.